The highest BCUT2D eigenvalue weighted by Gasteiger charge is 2.18. The predicted octanol–water partition coefficient (Wildman–Crippen LogP) is 1.99. The van der Waals surface area contributed by atoms with E-state index in [-0.39, 0.29) is 17.7 Å². The quantitative estimate of drug-likeness (QED) is 0.749. The molecule has 0 aliphatic heterocycles. The molecule has 2 N–H and O–H groups in total. The number of benzene rings is 1. The van der Waals surface area contributed by atoms with Crippen LogP contribution >= 0.6 is 0 Å². The van der Waals surface area contributed by atoms with Crippen molar-refractivity contribution in [2.24, 2.45) is 11.7 Å². The van der Waals surface area contributed by atoms with Crippen LogP contribution in [0.25, 0.3) is 0 Å². The van der Waals surface area contributed by atoms with E-state index in [1.807, 2.05) is 0 Å². The van der Waals surface area contributed by atoms with Crippen molar-refractivity contribution in [2.45, 2.75) is 19.9 Å². The first kappa shape index (κ1) is 10.9. The van der Waals surface area contributed by atoms with Crippen molar-refractivity contribution in [3.05, 3.63) is 35.6 Å². The van der Waals surface area contributed by atoms with Crippen molar-refractivity contribution in [3.8, 4) is 0 Å². The predicted molar refractivity (Wildman–Crippen MR) is 53.5 cm³/mol. The van der Waals surface area contributed by atoms with Gasteiger partial charge in [-0.25, -0.2) is 4.39 Å². The third kappa shape index (κ3) is 2.39. The Balaban J connectivity index is 2.89. The number of halogens is 1. The zero-order chi connectivity index (χ0) is 10.7. The number of hydrogen-bond acceptors (Lipinski definition) is 2. The van der Waals surface area contributed by atoms with E-state index in [0.717, 1.165) is 0 Å². The monoisotopic (exact) mass is 195 g/mol. The minimum absolute atomic E-state index is 0.112. The van der Waals surface area contributed by atoms with Crippen molar-refractivity contribution in [1.82, 2.24) is 0 Å². The molecule has 76 valence electrons. The maximum absolute atomic E-state index is 12.8. The summed E-state index contributed by atoms with van der Waals surface area (Å²) in [6.45, 7) is 3.51. The van der Waals surface area contributed by atoms with Gasteiger partial charge in [-0.05, 0) is 19.1 Å². The third-order valence-corrected chi connectivity index (χ3v) is 2.31. The topological polar surface area (TPSA) is 43.1 Å². The fourth-order valence-corrected chi connectivity index (χ4v) is 1.14. The maximum atomic E-state index is 12.8. The van der Waals surface area contributed by atoms with Crippen molar-refractivity contribution >= 4 is 5.78 Å². The molecular formula is C11H14FNO. The molecule has 0 bridgehead atoms. The first-order chi connectivity index (χ1) is 6.52. The van der Waals surface area contributed by atoms with Gasteiger partial charge in [-0.1, -0.05) is 19.1 Å². The molecule has 0 spiro atoms. The standard InChI is InChI=1S/C11H14FNO/c1-7(8(2)13)11(14)9-4-3-5-10(12)6-9/h3-8H,13H2,1-2H3. The van der Waals surface area contributed by atoms with Crippen LogP contribution in [0.5, 0.6) is 0 Å². The summed E-state index contributed by atoms with van der Waals surface area (Å²) in [5.41, 5.74) is 5.98. The number of hydrogen-bond donors (Lipinski definition) is 1. The molecule has 3 heteroatoms. The smallest absolute Gasteiger partial charge is 0.167 e. The Labute approximate surface area is 82.9 Å². The minimum Gasteiger partial charge on any atom is -0.327 e. The van der Waals surface area contributed by atoms with Gasteiger partial charge in [0, 0.05) is 17.5 Å². The van der Waals surface area contributed by atoms with Gasteiger partial charge in [0.05, 0.1) is 0 Å². The van der Waals surface area contributed by atoms with Crippen molar-refractivity contribution < 1.29 is 9.18 Å². The summed E-state index contributed by atoms with van der Waals surface area (Å²) in [5, 5.41) is 0. The van der Waals surface area contributed by atoms with Gasteiger partial charge in [-0.15, -0.1) is 0 Å². The second kappa shape index (κ2) is 4.33. The zero-order valence-electron chi connectivity index (χ0n) is 8.33. The normalized spacial score (nSPS) is 14.9. The van der Waals surface area contributed by atoms with Gasteiger partial charge in [0.2, 0.25) is 0 Å². The minimum atomic E-state index is -0.396. The molecule has 1 aromatic carbocycles. The summed E-state index contributed by atoms with van der Waals surface area (Å²) in [4.78, 5) is 11.7. The molecule has 1 aromatic rings. The Kier molecular flexibility index (Phi) is 3.36. The van der Waals surface area contributed by atoms with Crippen LogP contribution < -0.4 is 5.73 Å². The van der Waals surface area contributed by atoms with Gasteiger partial charge in [0.25, 0.3) is 0 Å². The SMILES string of the molecule is CC(N)C(C)C(=O)c1cccc(F)c1. The second-order valence-corrected chi connectivity index (χ2v) is 3.52. The molecule has 14 heavy (non-hydrogen) atoms. The lowest BCUT2D eigenvalue weighted by atomic mass is 9.94. The van der Waals surface area contributed by atoms with Gasteiger partial charge >= 0.3 is 0 Å². The van der Waals surface area contributed by atoms with Crippen LogP contribution in [0.3, 0.4) is 0 Å². The first-order valence-electron chi connectivity index (χ1n) is 4.57. The number of carbonyl (C=O) groups excluding carboxylic acids is 1. The molecule has 0 aliphatic carbocycles. The summed E-state index contributed by atoms with van der Waals surface area (Å²) in [6, 6.07) is 5.46. The Bertz CT molecular complexity index is 336. The third-order valence-electron chi connectivity index (χ3n) is 2.31. The van der Waals surface area contributed by atoms with Crippen molar-refractivity contribution in [1.29, 1.82) is 0 Å². The number of ketones is 1. The van der Waals surface area contributed by atoms with E-state index in [2.05, 4.69) is 0 Å². The Morgan fingerprint density at radius 2 is 2.07 bits per heavy atom. The Morgan fingerprint density at radius 1 is 1.43 bits per heavy atom. The largest absolute Gasteiger partial charge is 0.327 e. The van der Waals surface area contributed by atoms with Gasteiger partial charge < -0.3 is 5.73 Å². The number of rotatable bonds is 3. The van der Waals surface area contributed by atoms with Gasteiger partial charge in [-0.2, -0.15) is 0 Å². The molecule has 2 unspecified atom stereocenters. The van der Waals surface area contributed by atoms with E-state index < -0.39 is 5.82 Å². The fraction of sp³-hybridized carbons (Fsp3) is 0.364. The summed E-state index contributed by atoms with van der Waals surface area (Å²) >= 11 is 0. The van der Waals surface area contributed by atoms with Crippen molar-refractivity contribution in [3.63, 3.8) is 0 Å². The van der Waals surface area contributed by atoms with Gasteiger partial charge in [0.15, 0.2) is 5.78 Å². The molecule has 0 saturated heterocycles. The van der Waals surface area contributed by atoms with Crippen LogP contribution in [-0.4, -0.2) is 11.8 Å². The molecule has 0 fully saturated rings. The number of carbonyl (C=O) groups is 1. The molecule has 0 radical (unpaired) electrons. The van der Waals surface area contributed by atoms with Crippen LogP contribution in [0.1, 0.15) is 24.2 Å². The highest BCUT2D eigenvalue weighted by Crippen LogP contribution is 2.12. The highest BCUT2D eigenvalue weighted by molar-refractivity contribution is 5.98. The second-order valence-electron chi connectivity index (χ2n) is 3.52. The van der Waals surface area contributed by atoms with Crippen LogP contribution in [0.2, 0.25) is 0 Å². The van der Waals surface area contributed by atoms with Crippen LogP contribution in [0.15, 0.2) is 24.3 Å². The van der Waals surface area contributed by atoms with E-state index >= 15 is 0 Å². The van der Waals surface area contributed by atoms with E-state index in [1.165, 1.54) is 18.2 Å². The lowest BCUT2D eigenvalue weighted by Crippen LogP contribution is -2.30. The summed E-state index contributed by atoms with van der Waals surface area (Å²) in [5.74, 6) is -0.788. The van der Waals surface area contributed by atoms with Crippen LogP contribution in [-0.2, 0) is 0 Å². The summed E-state index contributed by atoms with van der Waals surface area (Å²) < 4.78 is 12.8. The lowest BCUT2D eigenvalue weighted by molar-refractivity contribution is 0.0916. The van der Waals surface area contributed by atoms with Gasteiger partial charge in [-0.3, -0.25) is 4.79 Å². The van der Waals surface area contributed by atoms with E-state index in [1.54, 1.807) is 19.9 Å². The summed E-state index contributed by atoms with van der Waals surface area (Å²) in [7, 11) is 0. The summed E-state index contributed by atoms with van der Waals surface area (Å²) in [6.07, 6.45) is 0. The first-order valence-corrected chi connectivity index (χ1v) is 4.57. The molecule has 2 nitrogen and oxygen atoms in total. The molecule has 0 amide bonds. The molecule has 0 aliphatic rings. The highest BCUT2D eigenvalue weighted by atomic mass is 19.1. The molecule has 2 atom stereocenters. The van der Waals surface area contributed by atoms with E-state index in [9.17, 15) is 9.18 Å². The zero-order valence-corrected chi connectivity index (χ0v) is 8.33. The molecule has 0 aromatic heterocycles. The average Bonchev–Trinajstić information content (AvgIpc) is 2.15. The molecular weight excluding hydrogens is 181 g/mol. The van der Waals surface area contributed by atoms with Crippen LogP contribution in [0, 0.1) is 11.7 Å². The fourth-order valence-electron chi connectivity index (χ4n) is 1.14. The maximum Gasteiger partial charge on any atom is 0.167 e. The van der Waals surface area contributed by atoms with Crippen molar-refractivity contribution in [2.75, 3.05) is 0 Å². The molecule has 0 heterocycles. The number of nitrogens with two attached hydrogens (primary N) is 1. The molecule has 1 rings (SSSR count). The Morgan fingerprint density at radius 3 is 2.57 bits per heavy atom. The average molecular weight is 195 g/mol. The van der Waals surface area contributed by atoms with E-state index in [0.29, 0.717) is 5.56 Å². The number of Topliss-reactive ketones (excluding diaryl/α,β-unsaturated/α-hetero) is 1. The van der Waals surface area contributed by atoms with Crippen LogP contribution in [0.4, 0.5) is 4.39 Å². The lowest BCUT2D eigenvalue weighted by Gasteiger charge is -2.13. The molecule has 0 saturated carbocycles. The van der Waals surface area contributed by atoms with Gasteiger partial charge in [0.1, 0.15) is 5.82 Å². The Hall–Kier alpha value is -1.22. The van der Waals surface area contributed by atoms with E-state index in [4.69, 9.17) is 5.73 Å².